The Bertz CT molecular complexity index is 271. The molecule has 0 aromatic carbocycles. The van der Waals surface area contributed by atoms with E-state index in [-0.39, 0.29) is 0 Å². The van der Waals surface area contributed by atoms with Crippen LogP contribution in [0.3, 0.4) is 0 Å². The highest BCUT2D eigenvalue weighted by atomic mass is 15.2. The number of hydrazine groups is 1. The Morgan fingerprint density at radius 3 is 2.80 bits per heavy atom. The predicted octanol–water partition coefficient (Wildman–Crippen LogP) is 1.81. The first-order chi connectivity index (χ1) is 7.36. The fourth-order valence-corrected chi connectivity index (χ4v) is 1.56. The average Bonchev–Trinajstić information content (AvgIpc) is 2.29. The van der Waals surface area contributed by atoms with Crippen LogP contribution in [0, 0.1) is 0 Å². The number of pyridine rings is 1. The third-order valence-electron chi connectivity index (χ3n) is 2.43. The minimum atomic E-state index is 0.340. The van der Waals surface area contributed by atoms with E-state index in [9.17, 15) is 0 Å². The van der Waals surface area contributed by atoms with Crippen molar-refractivity contribution in [1.82, 2.24) is 10.4 Å². The van der Waals surface area contributed by atoms with E-state index in [1.54, 1.807) is 0 Å². The van der Waals surface area contributed by atoms with E-state index in [4.69, 9.17) is 5.84 Å². The van der Waals surface area contributed by atoms with Gasteiger partial charge in [-0.2, -0.15) is 0 Å². The van der Waals surface area contributed by atoms with Crippen molar-refractivity contribution in [2.24, 2.45) is 5.84 Å². The third kappa shape index (κ3) is 4.72. The molecule has 3 N–H and O–H groups in total. The minimum absolute atomic E-state index is 0.340. The van der Waals surface area contributed by atoms with Crippen molar-refractivity contribution in [2.75, 3.05) is 0 Å². The van der Waals surface area contributed by atoms with Crippen molar-refractivity contribution in [3.05, 3.63) is 42.7 Å². The molecule has 0 radical (unpaired) electrons. The average molecular weight is 205 g/mol. The van der Waals surface area contributed by atoms with Crippen molar-refractivity contribution in [1.29, 1.82) is 0 Å². The van der Waals surface area contributed by atoms with E-state index in [0.29, 0.717) is 6.04 Å². The number of unbranched alkanes of at least 4 members (excludes halogenated alkanes) is 1. The van der Waals surface area contributed by atoms with Crippen LogP contribution < -0.4 is 11.3 Å². The van der Waals surface area contributed by atoms with Gasteiger partial charge in [-0.3, -0.25) is 16.3 Å². The van der Waals surface area contributed by atoms with Crippen molar-refractivity contribution >= 4 is 0 Å². The van der Waals surface area contributed by atoms with Gasteiger partial charge < -0.3 is 0 Å². The van der Waals surface area contributed by atoms with E-state index in [1.807, 2.05) is 30.6 Å². The molecule has 0 fully saturated rings. The van der Waals surface area contributed by atoms with E-state index < -0.39 is 0 Å². The summed E-state index contributed by atoms with van der Waals surface area (Å²) in [5.74, 6) is 5.51. The second-order valence-electron chi connectivity index (χ2n) is 3.64. The van der Waals surface area contributed by atoms with Gasteiger partial charge in [-0.15, -0.1) is 6.58 Å². The zero-order valence-electron chi connectivity index (χ0n) is 9.02. The summed E-state index contributed by atoms with van der Waals surface area (Å²) in [6.45, 7) is 3.71. The molecule has 0 aliphatic heterocycles. The van der Waals surface area contributed by atoms with E-state index in [2.05, 4.69) is 17.0 Å². The van der Waals surface area contributed by atoms with E-state index >= 15 is 0 Å². The highest BCUT2D eigenvalue weighted by molar-refractivity contribution is 5.11. The maximum Gasteiger partial charge on any atom is 0.0270 e. The first-order valence-electron chi connectivity index (χ1n) is 5.32. The molecule has 0 saturated heterocycles. The highest BCUT2D eigenvalue weighted by Gasteiger charge is 2.06. The minimum Gasteiger partial charge on any atom is -0.271 e. The van der Waals surface area contributed by atoms with Crippen LogP contribution in [0.2, 0.25) is 0 Å². The lowest BCUT2D eigenvalue weighted by Crippen LogP contribution is -2.36. The Labute approximate surface area is 91.4 Å². The summed E-state index contributed by atoms with van der Waals surface area (Å²) in [6.07, 6.45) is 9.78. The Morgan fingerprint density at radius 1 is 1.47 bits per heavy atom. The molecule has 0 saturated carbocycles. The first-order valence-corrected chi connectivity index (χ1v) is 5.32. The molecule has 3 heteroatoms. The van der Waals surface area contributed by atoms with Gasteiger partial charge in [0.25, 0.3) is 0 Å². The van der Waals surface area contributed by atoms with Gasteiger partial charge in [-0.25, -0.2) is 0 Å². The number of allylic oxidation sites excluding steroid dienone is 1. The van der Waals surface area contributed by atoms with Gasteiger partial charge in [0.15, 0.2) is 0 Å². The van der Waals surface area contributed by atoms with E-state index in [0.717, 1.165) is 25.7 Å². The van der Waals surface area contributed by atoms with Gasteiger partial charge in [0.2, 0.25) is 0 Å². The van der Waals surface area contributed by atoms with Crippen LogP contribution in [0.25, 0.3) is 0 Å². The number of nitrogens with one attached hydrogen (secondary N) is 1. The maximum atomic E-state index is 5.51. The molecule has 0 spiro atoms. The lowest BCUT2D eigenvalue weighted by Gasteiger charge is -2.15. The Balaban J connectivity index is 2.36. The third-order valence-corrected chi connectivity index (χ3v) is 2.43. The lowest BCUT2D eigenvalue weighted by molar-refractivity contribution is 0.478. The fourth-order valence-electron chi connectivity index (χ4n) is 1.56. The molecule has 1 unspecified atom stereocenters. The first kappa shape index (κ1) is 11.9. The van der Waals surface area contributed by atoms with Crippen molar-refractivity contribution in [2.45, 2.75) is 31.7 Å². The van der Waals surface area contributed by atoms with Crippen LogP contribution in [0.5, 0.6) is 0 Å². The molecule has 0 bridgehead atoms. The second-order valence-corrected chi connectivity index (χ2v) is 3.64. The summed E-state index contributed by atoms with van der Waals surface area (Å²) < 4.78 is 0. The number of nitrogens with two attached hydrogens (primary N) is 1. The summed E-state index contributed by atoms with van der Waals surface area (Å²) in [5.41, 5.74) is 4.12. The lowest BCUT2D eigenvalue weighted by atomic mass is 10.0. The van der Waals surface area contributed by atoms with Crippen LogP contribution in [-0.4, -0.2) is 11.0 Å². The van der Waals surface area contributed by atoms with Gasteiger partial charge >= 0.3 is 0 Å². The molecule has 82 valence electrons. The quantitative estimate of drug-likeness (QED) is 0.309. The summed E-state index contributed by atoms with van der Waals surface area (Å²) >= 11 is 0. The fraction of sp³-hybridized carbons (Fsp3) is 0.417. The summed E-state index contributed by atoms with van der Waals surface area (Å²) in [6, 6.07) is 4.39. The molecule has 15 heavy (non-hydrogen) atoms. The molecule has 0 amide bonds. The molecular formula is C12H19N3. The highest BCUT2D eigenvalue weighted by Crippen LogP contribution is 2.07. The van der Waals surface area contributed by atoms with Crippen LogP contribution in [0.15, 0.2) is 37.2 Å². The zero-order valence-corrected chi connectivity index (χ0v) is 9.02. The Kier molecular flexibility index (Phi) is 5.66. The smallest absolute Gasteiger partial charge is 0.0270 e. The summed E-state index contributed by atoms with van der Waals surface area (Å²) in [4.78, 5) is 3.99. The van der Waals surface area contributed by atoms with Gasteiger partial charge in [-0.05, 0) is 43.4 Å². The Morgan fingerprint density at radius 2 is 2.20 bits per heavy atom. The van der Waals surface area contributed by atoms with Crippen LogP contribution in [0.4, 0.5) is 0 Å². The summed E-state index contributed by atoms with van der Waals surface area (Å²) in [7, 11) is 0. The van der Waals surface area contributed by atoms with Gasteiger partial charge in [0, 0.05) is 18.4 Å². The van der Waals surface area contributed by atoms with Gasteiger partial charge in [-0.1, -0.05) is 6.08 Å². The zero-order chi connectivity index (χ0) is 10.9. The predicted molar refractivity (Wildman–Crippen MR) is 63.1 cm³/mol. The molecule has 1 aromatic heterocycles. The van der Waals surface area contributed by atoms with E-state index in [1.165, 1.54) is 5.56 Å². The van der Waals surface area contributed by atoms with Crippen molar-refractivity contribution < 1.29 is 0 Å². The largest absolute Gasteiger partial charge is 0.271 e. The molecule has 1 heterocycles. The number of rotatable bonds is 7. The second kappa shape index (κ2) is 7.15. The maximum absolute atomic E-state index is 5.51. The standard InChI is InChI=1S/C12H19N3/c1-2-3-4-5-12(15-13)10-11-6-8-14-9-7-11/h2,6-9,12,15H,1,3-5,10,13H2. The van der Waals surface area contributed by atoms with Crippen molar-refractivity contribution in [3.8, 4) is 0 Å². The Hall–Kier alpha value is -1.19. The molecule has 0 aliphatic carbocycles. The van der Waals surface area contributed by atoms with Crippen LogP contribution in [0.1, 0.15) is 24.8 Å². The normalized spacial score (nSPS) is 12.3. The number of hydrogen-bond acceptors (Lipinski definition) is 3. The van der Waals surface area contributed by atoms with Gasteiger partial charge in [0.05, 0.1) is 0 Å². The molecule has 1 rings (SSSR count). The molecule has 1 aromatic rings. The number of nitrogens with zero attached hydrogens (tertiary/aromatic N) is 1. The van der Waals surface area contributed by atoms with Crippen LogP contribution in [-0.2, 0) is 6.42 Å². The monoisotopic (exact) mass is 205 g/mol. The molecular weight excluding hydrogens is 186 g/mol. The topological polar surface area (TPSA) is 50.9 Å². The molecule has 0 aliphatic rings. The number of aromatic nitrogens is 1. The number of hydrogen-bond donors (Lipinski definition) is 2. The molecule has 3 nitrogen and oxygen atoms in total. The van der Waals surface area contributed by atoms with Gasteiger partial charge in [0.1, 0.15) is 0 Å². The summed E-state index contributed by atoms with van der Waals surface area (Å²) in [5, 5.41) is 0. The SMILES string of the molecule is C=CCCCC(Cc1ccncc1)NN. The molecule has 1 atom stereocenters. The van der Waals surface area contributed by atoms with Crippen molar-refractivity contribution in [3.63, 3.8) is 0 Å². The van der Waals surface area contributed by atoms with Crippen LogP contribution >= 0.6 is 0 Å².